The Hall–Kier alpha value is -1.88. The van der Waals surface area contributed by atoms with Crippen molar-refractivity contribution in [3.05, 3.63) is 30.0 Å². The molecule has 0 atom stereocenters. The highest BCUT2D eigenvalue weighted by atomic mass is 16.3. The van der Waals surface area contributed by atoms with Crippen LogP contribution in [0.5, 0.6) is 0 Å². The van der Waals surface area contributed by atoms with Crippen LogP contribution in [-0.2, 0) is 0 Å². The predicted molar refractivity (Wildman–Crippen MR) is 81.0 cm³/mol. The van der Waals surface area contributed by atoms with E-state index in [2.05, 4.69) is 22.4 Å². The monoisotopic (exact) mass is 287 g/mol. The van der Waals surface area contributed by atoms with Gasteiger partial charge >= 0.3 is 0 Å². The largest absolute Gasteiger partial charge is 0.388 e. The van der Waals surface area contributed by atoms with E-state index in [0.717, 1.165) is 36.6 Å². The second-order valence-electron chi connectivity index (χ2n) is 6.21. The van der Waals surface area contributed by atoms with Crippen LogP contribution in [0, 0.1) is 5.92 Å². The average molecular weight is 287 g/mol. The van der Waals surface area contributed by atoms with E-state index in [9.17, 15) is 9.90 Å². The topological polar surface area (TPSA) is 78.0 Å². The Balaban J connectivity index is 1.67. The number of para-hydroxylation sites is 1. The van der Waals surface area contributed by atoms with E-state index in [-0.39, 0.29) is 5.91 Å². The third-order valence-electron chi connectivity index (χ3n) is 4.47. The molecule has 1 amide bonds. The van der Waals surface area contributed by atoms with Crippen LogP contribution in [0.15, 0.2) is 24.3 Å². The predicted octanol–water partition coefficient (Wildman–Crippen LogP) is 2.23. The number of aliphatic hydroxyl groups is 1. The Labute approximate surface area is 123 Å². The normalized spacial score (nSPS) is 25.9. The van der Waals surface area contributed by atoms with E-state index in [1.165, 1.54) is 0 Å². The first kappa shape index (κ1) is 14.1. The fourth-order valence-electron chi connectivity index (χ4n) is 2.94. The number of hydrogen-bond donors (Lipinski definition) is 3. The number of aromatic amines is 1. The van der Waals surface area contributed by atoms with Crippen molar-refractivity contribution in [2.75, 3.05) is 6.54 Å². The smallest absolute Gasteiger partial charge is 0.272 e. The van der Waals surface area contributed by atoms with Gasteiger partial charge in [-0.25, -0.2) is 0 Å². The molecule has 1 heterocycles. The first-order valence-corrected chi connectivity index (χ1v) is 7.51. The summed E-state index contributed by atoms with van der Waals surface area (Å²) >= 11 is 0. The third-order valence-corrected chi connectivity index (χ3v) is 4.47. The molecule has 2 aromatic rings. The zero-order valence-electron chi connectivity index (χ0n) is 12.2. The highest BCUT2D eigenvalue weighted by Gasteiger charge is 2.32. The summed E-state index contributed by atoms with van der Waals surface area (Å²) in [5, 5.41) is 21.1. The summed E-state index contributed by atoms with van der Waals surface area (Å²) in [4.78, 5) is 12.3. The molecular formula is C16H21N3O2. The van der Waals surface area contributed by atoms with Crippen molar-refractivity contribution in [1.29, 1.82) is 0 Å². The zero-order chi connectivity index (χ0) is 14.9. The molecule has 0 unspecified atom stereocenters. The molecule has 5 nitrogen and oxygen atoms in total. The van der Waals surface area contributed by atoms with Gasteiger partial charge in [0.15, 0.2) is 5.69 Å². The summed E-state index contributed by atoms with van der Waals surface area (Å²) in [5.41, 5.74) is 0.458. The highest BCUT2D eigenvalue weighted by molar-refractivity contribution is 6.04. The summed E-state index contributed by atoms with van der Waals surface area (Å²) in [6, 6.07) is 7.53. The van der Waals surface area contributed by atoms with Crippen LogP contribution in [0.3, 0.4) is 0 Å². The molecule has 5 heteroatoms. The Morgan fingerprint density at radius 1 is 1.43 bits per heavy atom. The van der Waals surface area contributed by atoms with Gasteiger partial charge in [0.2, 0.25) is 0 Å². The number of carbonyl (C=O) groups excluding carboxylic acids is 1. The molecule has 3 N–H and O–H groups in total. The van der Waals surface area contributed by atoms with Gasteiger partial charge in [0, 0.05) is 11.9 Å². The van der Waals surface area contributed by atoms with Gasteiger partial charge in [-0.1, -0.05) is 25.1 Å². The van der Waals surface area contributed by atoms with Crippen molar-refractivity contribution < 1.29 is 9.90 Å². The van der Waals surface area contributed by atoms with Gasteiger partial charge in [0.1, 0.15) is 0 Å². The summed E-state index contributed by atoms with van der Waals surface area (Å²) in [6.07, 6.45) is 3.51. The molecule has 0 spiro atoms. The number of fused-ring (bicyclic) bond motifs is 1. The molecule has 1 aromatic carbocycles. The highest BCUT2D eigenvalue weighted by Crippen LogP contribution is 2.31. The maximum absolute atomic E-state index is 12.3. The summed E-state index contributed by atoms with van der Waals surface area (Å²) in [5.74, 6) is 0.427. The zero-order valence-corrected chi connectivity index (χ0v) is 12.2. The minimum atomic E-state index is -0.770. The van der Waals surface area contributed by atoms with Gasteiger partial charge in [0.05, 0.1) is 11.1 Å². The van der Waals surface area contributed by atoms with Crippen LogP contribution in [0.25, 0.3) is 10.9 Å². The lowest BCUT2D eigenvalue weighted by molar-refractivity contribution is -0.00542. The number of amides is 1. The van der Waals surface area contributed by atoms with E-state index < -0.39 is 5.60 Å². The molecule has 0 bridgehead atoms. The summed E-state index contributed by atoms with van der Waals surface area (Å²) in [6.45, 7) is 2.49. The molecule has 1 saturated carbocycles. The van der Waals surface area contributed by atoms with Crippen LogP contribution in [0.4, 0.5) is 0 Å². The fraction of sp³-hybridized carbons (Fsp3) is 0.500. The molecule has 1 aliphatic carbocycles. The number of aromatic nitrogens is 2. The van der Waals surface area contributed by atoms with Gasteiger partial charge in [-0.15, -0.1) is 0 Å². The lowest BCUT2D eigenvalue weighted by Crippen LogP contribution is -2.45. The third kappa shape index (κ3) is 2.93. The maximum atomic E-state index is 12.3. The van der Waals surface area contributed by atoms with Gasteiger partial charge in [-0.3, -0.25) is 9.89 Å². The van der Waals surface area contributed by atoms with Crippen LogP contribution in [0.1, 0.15) is 43.1 Å². The number of carbonyl (C=O) groups is 1. The minimum Gasteiger partial charge on any atom is -0.388 e. The van der Waals surface area contributed by atoms with E-state index in [1.54, 1.807) is 0 Å². The summed E-state index contributed by atoms with van der Waals surface area (Å²) in [7, 11) is 0. The first-order valence-electron chi connectivity index (χ1n) is 7.51. The number of H-pyrrole nitrogens is 1. The molecule has 1 aromatic heterocycles. The minimum absolute atomic E-state index is 0.237. The van der Waals surface area contributed by atoms with E-state index >= 15 is 0 Å². The van der Waals surface area contributed by atoms with Crippen molar-refractivity contribution in [3.8, 4) is 0 Å². The lowest BCUT2D eigenvalue weighted by atomic mass is 9.79. The molecule has 3 rings (SSSR count). The van der Waals surface area contributed by atoms with Crippen molar-refractivity contribution >= 4 is 16.8 Å². The van der Waals surface area contributed by atoms with Crippen LogP contribution >= 0.6 is 0 Å². The molecule has 1 fully saturated rings. The number of rotatable bonds is 3. The van der Waals surface area contributed by atoms with E-state index in [1.807, 2.05) is 24.3 Å². The Morgan fingerprint density at radius 2 is 2.14 bits per heavy atom. The Morgan fingerprint density at radius 3 is 2.90 bits per heavy atom. The quantitative estimate of drug-likeness (QED) is 0.810. The maximum Gasteiger partial charge on any atom is 0.272 e. The van der Waals surface area contributed by atoms with Crippen molar-refractivity contribution in [1.82, 2.24) is 15.5 Å². The van der Waals surface area contributed by atoms with E-state index in [4.69, 9.17) is 0 Å². The molecule has 1 aliphatic rings. The first-order chi connectivity index (χ1) is 10.1. The molecule has 112 valence electrons. The average Bonchev–Trinajstić information content (AvgIpc) is 2.92. The number of benzene rings is 1. The molecular weight excluding hydrogens is 266 g/mol. The second kappa shape index (κ2) is 5.48. The number of hydrogen-bond acceptors (Lipinski definition) is 3. The van der Waals surface area contributed by atoms with Gasteiger partial charge < -0.3 is 10.4 Å². The molecule has 21 heavy (non-hydrogen) atoms. The van der Waals surface area contributed by atoms with Gasteiger partial charge in [0.25, 0.3) is 5.91 Å². The van der Waals surface area contributed by atoms with Crippen LogP contribution in [-0.4, -0.2) is 33.4 Å². The molecule has 0 aliphatic heterocycles. The second-order valence-corrected chi connectivity index (χ2v) is 6.21. The molecule has 0 saturated heterocycles. The Bertz CT molecular complexity index is 642. The molecule has 0 radical (unpaired) electrons. The number of nitrogens with zero attached hydrogens (tertiary/aromatic N) is 1. The Kier molecular flexibility index (Phi) is 3.68. The van der Waals surface area contributed by atoms with Crippen LogP contribution < -0.4 is 5.32 Å². The van der Waals surface area contributed by atoms with Crippen molar-refractivity contribution in [2.45, 2.75) is 38.2 Å². The van der Waals surface area contributed by atoms with Crippen molar-refractivity contribution in [3.63, 3.8) is 0 Å². The standard InChI is InChI=1S/C16H21N3O2/c1-11-6-8-16(21,9-7-11)10-17-15(20)14-12-4-2-3-5-13(12)18-19-14/h2-5,11,21H,6-10H2,1H3,(H,17,20)(H,18,19). The lowest BCUT2D eigenvalue weighted by Gasteiger charge is -2.34. The SMILES string of the molecule is CC1CCC(O)(CNC(=O)c2n[nH]c3ccccc23)CC1. The number of nitrogens with one attached hydrogen (secondary N) is 2. The van der Waals surface area contributed by atoms with Gasteiger partial charge in [-0.05, 0) is 37.7 Å². The summed E-state index contributed by atoms with van der Waals surface area (Å²) < 4.78 is 0. The fourth-order valence-corrected chi connectivity index (χ4v) is 2.94. The van der Waals surface area contributed by atoms with Crippen molar-refractivity contribution in [2.24, 2.45) is 5.92 Å². The van der Waals surface area contributed by atoms with Gasteiger partial charge in [-0.2, -0.15) is 5.10 Å². The van der Waals surface area contributed by atoms with Crippen LogP contribution in [0.2, 0.25) is 0 Å². The van der Waals surface area contributed by atoms with E-state index in [0.29, 0.717) is 18.2 Å².